The molecule has 134 valence electrons. The van der Waals surface area contributed by atoms with Crippen molar-refractivity contribution in [2.45, 2.75) is 25.9 Å². The summed E-state index contributed by atoms with van der Waals surface area (Å²) in [6, 6.07) is 9.50. The van der Waals surface area contributed by atoms with Crippen molar-refractivity contribution in [1.29, 1.82) is 0 Å². The molecule has 0 aliphatic carbocycles. The second-order valence-corrected chi connectivity index (χ2v) is 11.4. The summed E-state index contributed by atoms with van der Waals surface area (Å²) in [6.07, 6.45) is 0.224. The smallest absolute Gasteiger partial charge is 0.160 e. The van der Waals surface area contributed by atoms with Crippen LogP contribution < -0.4 is 19.5 Å². The average Bonchev–Trinajstić information content (AvgIpc) is 2.93. The number of hydrogen-bond donors (Lipinski definition) is 0. The largest absolute Gasteiger partial charge is 0.496 e. The van der Waals surface area contributed by atoms with Crippen molar-refractivity contribution in [1.82, 2.24) is 0 Å². The van der Waals surface area contributed by atoms with Crippen LogP contribution in [-0.4, -0.2) is 25.7 Å². The number of ether oxygens (including phenoxy) is 3. The molecule has 0 radical (unpaired) electrons. The molecule has 0 N–H and O–H groups in total. The van der Waals surface area contributed by atoms with Gasteiger partial charge >= 0.3 is 0 Å². The molecule has 6 heteroatoms. The highest BCUT2D eigenvalue weighted by Crippen LogP contribution is 2.63. The Kier molecular flexibility index (Phi) is 4.67. The lowest BCUT2D eigenvalue weighted by Gasteiger charge is -2.28. The zero-order valence-corrected chi connectivity index (χ0v) is 17.5. The lowest BCUT2D eigenvalue weighted by Crippen LogP contribution is -2.23. The van der Waals surface area contributed by atoms with Crippen molar-refractivity contribution < 1.29 is 18.8 Å². The van der Waals surface area contributed by atoms with E-state index >= 15 is 0 Å². The zero-order valence-electron chi connectivity index (χ0n) is 15.1. The van der Waals surface area contributed by atoms with Gasteiger partial charge in [-0.25, -0.2) is 0 Å². The summed E-state index contributed by atoms with van der Waals surface area (Å²) in [5.74, 6) is 2.00. The standard InChI is InChI=1S/C19H22BrO4P/c1-19(2,3)25(21)11-24-15-8-6-7-12(18(15)25)16-14(22-4)10-9-13(20)17(16)23-5/h6-10H,11H2,1-5H3. The van der Waals surface area contributed by atoms with E-state index in [1.165, 1.54) is 0 Å². The molecular formula is C19H22BrO4P. The highest BCUT2D eigenvalue weighted by atomic mass is 79.9. The minimum atomic E-state index is -2.77. The van der Waals surface area contributed by atoms with Crippen LogP contribution in [0.3, 0.4) is 0 Å². The van der Waals surface area contributed by atoms with Crippen LogP contribution in [0.15, 0.2) is 34.8 Å². The molecule has 0 bridgehead atoms. The molecule has 3 rings (SSSR count). The lowest BCUT2D eigenvalue weighted by atomic mass is 10.0. The molecular weight excluding hydrogens is 403 g/mol. The molecule has 2 aromatic rings. The minimum absolute atomic E-state index is 0.224. The monoisotopic (exact) mass is 424 g/mol. The van der Waals surface area contributed by atoms with Gasteiger partial charge in [0.05, 0.1) is 29.6 Å². The van der Waals surface area contributed by atoms with E-state index in [0.29, 0.717) is 17.2 Å². The van der Waals surface area contributed by atoms with Gasteiger partial charge in [0.1, 0.15) is 23.6 Å². The summed E-state index contributed by atoms with van der Waals surface area (Å²) in [5.41, 5.74) is 1.62. The van der Waals surface area contributed by atoms with Gasteiger partial charge in [0.25, 0.3) is 0 Å². The van der Waals surface area contributed by atoms with E-state index in [1.807, 2.05) is 51.1 Å². The maximum atomic E-state index is 13.9. The van der Waals surface area contributed by atoms with E-state index in [1.54, 1.807) is 14.2 Å². The molecule has 1 heterocycles. The Balaban J connectivity index is 2.39. The minimum Gasteiger partial charge on any atom is -0.496 e. The van der Waals surface area contributed by atoms with E-state index in [9.17, 15) is 4.57 Å². The van der Waals surface area contributed by atoms with Crippen molar-refractivity contribution in [3.05, 3.63) is 34.8 Å². The topological polar surface area (TPSA) is 44.8 Å². The van der Waals surface area contributed by atoms with Gasteiger partial charge in [0, 0.05) is 10.7 Å². The molecule has 2 aromatic carbocycles. The molecule has 0 amide bonds. The molecule has 0 saturated carbocycles. The van der Waals surface area contributed by atoms with Crippen molar-refractivity contribution in [3.8, 4) is 28.4 Å². The van der Waals surface area contributed by atoms with Gasteiger partial charge in [0.2, 0.25) is 0 Å². The molecule has 0 fully saturated rings. The quantitative estimate of drug-likeness (QED) is 0.629. The molecule has 1 unspecified atom stereocenters. The predicted octanol–water partition coefficient (Wildman–Crippen LogP) is 5.27. The zero-order chi connectivity index (χ0) is 18.4. The Labute approximate surface area is 157 Å². The highest BCUT2D eigenvalue weighted by molar-refractivity contribution is 9.10. The number of benzene rings is 2. The van der Waals surface area contributed by atoms with E-state index in [2.05, 4.69) is 15.9 Å². The first-order valence-corrected chi connectivity index (χ1v) is 10.7. The third-order valence-corrected chi connectivity index (χ3v) is 9.08. The number of methoxy groups -OCH3 is 2. The van der Waals surface area contributed by atoms with E-state index < -0.39 is 12.3 Å². The van der Waals surface area contributed by atoms with Gasteiger partial charge in [-0.2, -0.15) is 0 Å². The van der Waals surface area contributed by atoms with Gasteiger partial charge in [-0.05, 0) is 34.1 Å². The summed E-state index contributed by atoms with van der Waals surface area (Å²) < 4.78 is 31.8. The van der Waals surface area contributed by atoms with Crippen LogP contribution >= 0.6 is 23.1 Å². The van der Waals surface area contributed by atoms with Crippen LogP contribution in [-0.2, 0) is 4.57 Å². The molecule has 0 spiro atoms. The van der Waals surface area contributed by atoms with Crippen molar-refractivity contribution >= 4 is 28.4 Å². The maximum Gasteiger partial charge on any atom is 0.160 e. The number of hydrogen-bond acceptors (Lipinski definition) is 4. The van der Waals surface area contributed by atoms with Gasteiger partial charge < -0.3 is 18.8 Å². The molecule has 1 aliphatic rings. The van der Waals surface area contributed by atoms with Gasteiger partial charge in [-0.3, -0.25) is 0 Å². The highest BCUT2D eigenvalue weighted by Gasteiger charge is 2.47. The second kappa shape index (κ2) is 6.37. The lowest BCUT2D eigenvalue weighted by molar-refractivity contribution is 0.389. The summed E-state index contributed by atoms with van der Waals surface area (Å²) in [7, 11) is 0.466. The van der Waals surface area contributed by atoms with Crippen LogP contribution in [0.5, 0.6) is 17.2 Å². The van der Waals surface area contributed by atoms with Crippen LogP contribution in [0.2, 0.25) is 0 Å². The first-order valence-electron chi connectivity index (χ1n) is 8.01. The summed E-state index contributed by atoms with van der Waals surface area (Å²) >= 11 is 3.54. The van der Waals surface area contributed by atoms with Crippen LogP contribution in [0.25, 0.3) is 11.1 Å². The van der Waals surface area contributed by atoms with Gasteiger partial charge in [-0.15, -0.1) is 0 Å². The van der Waals surface area contributed by atoms with Crippen LogP contribution in [0, 0.1) is 0 Å². The third kappa shape index (κ3) is 2.78. The SMILES string of the molecule is COc1ccc(Br)c(OC)c1-c1cccc2c1P(=O)(C(C)(C)C)CO2. The van der Waals surface area contributed by atoms with Crippen LogP contribution in [0.1, 0.15) is 20.8 Å². The second-order valence-electron chi connectivity index (χ2n) is 6.99. The fraction of sp³-hybridized carbons (Fsp3) is 0.368. The Morgan fingerprint density at radius 1 is 1.12 bits per heavy atom. The van der Waals surface area contributed by atoms with Crippen molar-refractivity contribution in [2.75, 3.05) is 20.6 Å². The molecule has 1 atom stereocenters. The molecule has 25 heavy (non-hydrogen) atoms. The summed E-state index contributed by atoms with van der Waals surface area (Å²) in [5, 5.41) is 0.373. The van der Waals surface area contributed by atoms with Crippen LogP contribution in [0.4, 0.5) is 0 Å². The Hall–Kier alpha value is -1.45. The van der Waals surface area contributed by atoms with Crippen molar-refractivity contribution in [3.63, 3.8) is 0 Å². The average molecular weight is 425 g/mol. The molecule has 4 nitrogen and oxygen atoms in total. The first-order chi connectivity index (χ1) is 11.7. The van der Waals surface area contributed by atoms with E-state index in [0.717, 1.165) is 20.9 Å². The van der Waals surface area contributed by atoms with Gasteiger partial charge in [0.15, 0.2) is 7.14 Å². The summed E-state index contributed by atoms with van der Waals surface area (Å²) in [4.78, 5) is 0. The number of halogens is 1. The third-order valence-electron chi connectivity index (χ3n) is 4.61. The first kappa shape index (κ1) is 18.3. The summed E-state index contributed by atoms with van der Waals surface area (Å²) in [6.45, 7) is 6.00. The fourth-order valence-corrected chi connectivity index (χ4v) is 6.20. The number of rotatable bonds is 3. The normalized spacial score (nSPS) is 19.3. The van der Waals surface area contributed by atoms with Gasteiger partial charge in [-0.1, -0.05) is 32.9 Å². The molecule has 0 saturated heterocycles. The van der Waals surface area contributed by atoms with E-state index in [-0.39, 0.29) is 6.35 Å². The number of fused-ring (bicyclic) bond motifs is 1. The maximum absolute atomic E-state index is 13.9. The fourth-order valence-electron chi connectivity index (χ4n) is 3.13. The van der Waals surface area contributed by atoms with E-state index in [4.69, 9.17) is 14.2 Å². The Morgan fingerprint density at radius 2 is 1.84 bits per heavy atom. The predicted molar refractivity (Wildman–Crippen MR) is 105 cm³/mol. The van der Waals surface area contributed by atoms with Crippen molar-refractivity contribution in [2.24, 2.45) is 0 Å². The Bertz CT molecular complexity index is 870. The molecule has 0 aromatic heterocycles. The molecule has 1 aliphatic heterocycles. The Morgan fingerprint density at radius 3 is 2.44 bits per heavy atom.